The molecule has 10 heavy (non-hydrogen) atoms. The molecule has 3 heteroatoms. The van der Waals surface area contributed by atoms with E-state index in [0.29, 0.717) is 4.60 Å². The number of rotatable bonds is 2. The van der Waals surface area contributed by atoms with Gasteiger partial charge in [0, 0.05) is 0 Å². The monoisotopic (exact) mass is 220 g/mol. The maximum absolute atomic E-state index is 5.12. The molecule has 0 amide bonds. The van der Waals surface area contributed by atoms with Crippen LogP contribution in [0.3, 0.4) is 0 Å². The van der Waals surface area contributed by atoms with Gasteiger partial charge in [0.15, 0.2) is 0 Å². The van der Waals surface area contributed by atoms with Crippen LogP contribution in [-0.4, -0.2) is 20.2 Å². The molecule has 0 saturated heterocycles. The molecule has 0 spiro atoms. The van der Waals surface area contributed by atoms with Crippen molar-refractivity contribution in [3.63, 3.8) is 0 Å². The predicted octanol–water partition coefficient (Wildman–Crippen LogP) is 1.50. The van der Waals surface area contributed by atoms with Gasteiger partial charge in [-0.3, -0.25) is 0 Å². The molecule has 0 aromatic heterocycles. The summed E-state index contributed by atoms with van der Waals surface area (Å²) in [6, 6.07) is 9.60. The van der Waals surface area contributed by atoms with Gasteiger partial charge >= 0.3 is 72.2 Å². The first-order valence-corrected chi connectivity index (χ1v) is 3.89. The first kappa shape index (κ1) is 7.80. The molecule has 0 aliphatic carbocycles. The van der Waals surface area contributed by atoms with E-state index in [-0.39, 0.29) is 0 Å². The molecule has 1 aromatic carbocycles. The fourth-order valence-electron chi connectivity index (χ4n) is 0.619. The molecule has 0 fully saturated rings. The topological polar surface area (TPSA) is 9.23 Å². The Morgan fingerprint density at radius 2 is 1.90 bits per heavy atom. The standard InChI is InChI=1S/C7H5ClOSe/c8-9-7(10)6-4-2-1-3-5-6/h1-5H. The Labute approximate surface area is 72.5 Å². The molecule has 0 bridgehead atoms. The summed E-state index contributed by atoms with van der Waals surface area (Å²) >= 11 is 7.82. The Hall–Kier alpha value is -0.301. The van der Waals surface area contributed by atoms with E-state index in [2.05, 4.69) is 19.9 Å². The van der Waals surface area contributed by atoms with Crippen LogP contribution < -0.4 is 0 Å². The van der Waals surface area contributed by atoms with E-state index >= 15 is 0 Å². The summed E-state index contributed by atoms with van der Waals surface area (Å²) in [7, 11) is 0. The van der Waals surface area contributed by atoms with Gasteiger partial charge in [0.25, 0.3) is 0 Å². The van der Waals surface area contributed by atoms with Crippen molar-refractivity contribution >= 4 is 32.0 Å². The molecule has 1 aromatic rings. The van der Waals surface area contributed by atoms with Crippen molar-refractivity contribution in [2.45, 2.75) is 0 Å². The van der Waals surface area contributed by atoms with Crippen LogP contribution in [0.25, 0.3) is 0 Å². The van der Waals surface area contributed by atoms with Gasteiger partial charge in [-0.2, -0.15) is 0 Å². The second kappa shape index (κ2) is 3.77. The molecule has 0 aliphatic rings. The van der Waals surface area contributed by atoms with E-state index in [1.54, 1.807) is 0 Å². The van der Waals surface area contributed by atoms with Crippen molar-refractivity contribution in [2.24, 2.45) is 0 Å². The van der Waals surface area contributed by atoms with Crippen LogP contribution in [0.1, 0.15) is 5.56 Å². The zero-order valence-corrected chi connectivity index (χ0v) is 7.55. The molecule has 0 unspecified atom stereocenters. The Balaban J connectivity index is 2.85. The molecule has 0 atom stereocenters. The Kier molecular flexibility index (Phi) is 2.94. The third kappa shape index (κ3) is 1.84. The van der Waals surface area contributed by atoms with Gasteiger partial charge in [0.2, 0.25) is 0 Å². The van der Waals surface area contributed by atoms with Gasteiger partial charge in [0.05, 0.1) is 0 Å². The first-order valence-electron chi connectivity index (χ1n) is 2.72. The van der Waals surface area contributed by atoms with Crippen molar-refractivity contribution in [2.75, 3.05) is 0 Å². The molecule has 0 N–H and O–H groups in total. The summed E-state index contributed by atoms with van der Waals surface area (Å²) in [5, 5.41) is 0. The van der Waals surface area contributed by atoms with Crippen molar-refractivity contribution in [3.05, 3.63) is 35.9 Å². The van der Waals surface area contributed by atoms with E-state index in [1.807, 2.05) is 30.3 Å². The van der Waals surface area contributed by atoms with Crippen LogP contribution in [0.5, 0.6) is 0 Å². The summed E-state index contributed by atoms with van der Waals surface area (Å²) in [6.45, 7) is 0. The summed E-state index contributed by atoms with van der Waals surface area (Å²) < 4.78 is 5.07. The van der Waals surface area contributed by atoms with Crippen LogP contribution in [0.15, 0.2) is 30.3 Å². The van der Waals surface area contributed by atoms with Crippen molar-refractivity contribution in [1.29, 1.82) is 0 Å². The summed E-state index contributed by atoms with van der Waals surface area (Å²) in [5.41, 5.74) is 0.956. The van der Waals surface area contributed by atoms with E-state index in [9.17, 15) is 0 Å². The van der Waals surface area contributed by atoms with E-state index in [1.165, 1.54) is 0 Å². The number of benzene rings is 1. The van der Waals surface area contributed by atoms with Crippen LogP contribution in [0.2, 0.25) is 0 Å². The molecule has 1 rings (SSSR count). The molecular formula is C7H5ClOSe. The van der Waals surface area contributed by atoms with Crippen molar-refractivity contribution < 1.29 is 4.29 Å². The maximum atomic E-state index is 5.12. The second-order valence-electron chi connectivity index (χ2n) is 1.73. The van der Waals surface area contributed by atoms with Gasteiger partial charge in [-0.05, 0) is 0 Å². The Morgan fingerprint density at radius 3 is 2.40 bits per heavy atom. The van der Waals surface area contributed by atoms with Crippen LogP contribution >= 0.6 is 11.9 Å². The van der Waals surface area contributed by atoms with Crippen LogP contribution in [0.4, 0.5) is 0 Å². The minimum atomic E-state index is 0.599. The fraction of sp³-hybridized carbons (Fsp3) is 0. The molecule has 0 aliphatic heterocycles. The number of halogens is 1. The van der Waals surface area contributed by atoms with Crippen molar-refractivity contribution in [3.8, 4) is 0 Å². The third-order valence-corrected chi connectivity index (χ3v) is 2.11. The van der Waals surface area contributed by atoms with Gasteiger partial charge in [0.1, 0.15) is 0 Å². The Bertz CT molecular complexity index is 222. The first-order chi connectivity index (χ1) is 4.84. The molecule has 52 valence electrons. The summed E-state index contributed by atoms with van der Waals surface area (Å²) in [6.07, 6.45) is 0. The van der Waals surface area contributed by atoms with Crippen molar-refractivity contribution in [1.82, 2.24) is 0 Å². The van der Waals surface area contributed by atoms with E-state index < -0.39 is 0 Å². The number of hydrogen-bond acceptors (Lipinski definition) is 1. The van der Waals surface area contributed by atoms with Gasteiger partial charge in [-0.25, -0.2) is 0 Å². The second-order valence-corrected chi connectivity index (χ2v) is 2.66. The summed E-state index contributed by atoms with van der Waals surface area (Å²) in [4.78, 5) is 0. The third-order valence-electron chi connectivity index (χ3n) is 1.08. The van der Waals surface area contributed by atoms with E-state index in [0.717, 1.165) is 5.56 Å². The van der Waals surface area contributed by atoms with Gasteiger partial charge in [-0.15, -0.1) is 0 Å². The molecule has 0 saturated carbocycles. The number of hydrogen-bond donors (Lipinski definition) is 0. The quantitative estimate of drug-likeness (QED) is 0.685. The zero-order chi connectivity index (χ0) is 7.40. The molecule has 1 nitrogen and oxygen atoms in total. The van der Waals surface area contributed by atoms with Crippen LogP contribution in [0, 0.1) is 0 Å². The fourth-order valence-corrected chi connectivity index (χ4v) is 0.993. The van der Waals surface area contributed by atoms with Gasteiger partial charge in [-0.1, -0.05) is 0 Å². The zero-order valence-electron chi connectivity index (χ0n) is 5.08. The average molecular weight is 220 g/mol. The molecule has 0 heterocycles. The normalized spacial score (nSPS) is 8.90. The average Bonchev–Trinajstić information content (AvgIpc) is 2.05. The SMILES string of the molecule is ClOC(=[Se])c1ccccc1. The van der Waals surface area contributed by atoms with E-state index in [4.69, 9.17) is 11.9 Å². The predicted molar refractivity (Wildman–Crippen MR) is 43.2 cm³/mol. The summed E-state index contributed by atoms with van der Waals surface area (Å²) in [5.74, 6) is 0. The molecule has 0 radical (unpaired) electrons. The minimum absolute atomic E-state index is 0.599. The molecular weight excluding hydrogens is 214 g/mol. The van der Waals surface area contributed by atoms with Crippen LogP contribution in [-0.2, 0) is 4.29 Å². The Morgan fingerprint density at radius 1 is 1.30 bits per heavy atom. The van der Waals surface area contributed by atoms with Gasteiger partial charge < -0.3 is 0 Å².